The van der Waals surface area contributed by atoms with E-state index in [2.05, 4.69) is 26.8 Å². The summed E-state index contributed by atoms with van der Waals surface area (Å²) >= 11 is 0. The van der Waals surface area contributed by atoms with Crippen molar-refractivity contribution < 1.29 is 15.0 Å². The molecule has 0 radical (unpaired) electrons. The number of carbonyl (C=O) groups is 1. The first-order valence-electron chi connectivity index (χ1n) is 8.94. The highest BCUT2D eigenvalue weighted by molar-refractivity contribution is 5.80. The number of rotatable bonds is 5. The van der Waals surface area contributed by atoms with Crippen molar-refractivity contribution in [3.05, 3.63) is 23.3 Å². The van der Waals surface area contributed by atoms with E-state index in [-0.39, 0.29) is 17.4 Å². The first-order chi connectivity index (χ1) is 10.7. The smallest absolute Gasteiger partial charge is 0.328 e. The van der Waals surface area contributed by atoms with Crippen molar-refractivity contribution in [2.75, 3.05) is 6.61 Å². The summed E-state index contributed by atoms with van der Waals surface area (Å²) in [5.74, 6) is 0.358. The second-order valence-electron chi connectivity index (χ2n) is 8.21. The lowest BCUT2D eigenvalue weighted by Crippen LogP contribution is -2.50. The zero-order chi connectivity index (χ0) is 17.3. The topological polar surface area (TPSA) is 57.5 Å². The highest BCUT2D eigenvalue weighted by Crippen LogP contribution is 2.61. The van der Waals surface area contributed by atoms with Gasteiger partial charge in [0.15, 0.2) is 0 Å². The molecule has 0 spiro atoms. The number of aliphatic hydroxyl groups is 1. The molecule has 130 valence electrons. The fourth-order valence-corrected chi connectivity index (χ4v) is 5.20. The lowest BCUT2D eigenvalue weighted by molar-refractivity contribution is -0.131. The molecule has 0 aromatic rings. The van der Waals surface area contributed by atoms with Gasteiger partial charge in [-0.15, -0.1) is 0 Å². The maximum Gasteiger partial charge on any atom is 0.328 e. The molecular formula is C20H32O3. The third kappa shape index (κ3) is 3.40. The van der Waals surface area contributed by atoms with Crippen molar-refractivity contribution in [1.29, 1.82) is 0 Å². The number of hydrogen-bond donors (Lipinski definition) is 2. The lowest BCUT2D eigenvalue weighted by atomic mass is 9.47. The largest absolute Gasteiger partial charge is 0.478 e. The van der Waals surface area contributed by atoms with Crippen LogP contribution < -0.4 is 0 Å². The minimum atomic E-state index is -0.850. The van der Waals surface area contributed by atoms with E-state index in [9.17, 15) is 9.90 Å². The van der Waals surface area contributed by atoms with Crippen molar-refractivity contribution in [2.45, 2.75) is 66.2 Å². The Hall–Kier alpha value is -1.09. The molecule has 4 atom stereocenters. The summed E-state index contributed by atoms with van der Waals surface area (Å²) in [5.41, 5.74) is 2.49. The summed E-state index contributed by atoms with van der Waals surface area (Å²) in [6, 6.07) is 0. The summed E-state index contributed by atoms with van der Waals surface area (Å²) < 4.78 is 0. The molecule has 0 saturated heterocycles. The Labute approximate surface area is 140 Å². The van der Waals surface area contributed by atoms with Gasteiger partial charge in [-0.2, -0.15) is 0 Å². The van der Waals surface area contributed by atoms with Gasteiger partial charge in [-0.05, 0) is 73.7 Å². The number of carboxylic acids is 1. The molecule has 2 N–H and O–H groups in total. The molecule has 1 fully saturated rings. The highest BCUT2D eigenvalue weighted by atomic mass is 16.4. The van der Waals surface area contributed by atoms with Gasteiger partial charge >= 0.3 is 5.97 Å². The van der Waals surface area contributed by atoms with E-state index in [1.165, 1.54) is 24.5 Å². The van der Waals surface area contributed by atoms with Crippen LogP contribution in [0.4, 0.5) is 0 Å². The first kappa shape index (κ1) is 18.3. The Bertz CT molecular complexity index is 519. The second kappa shape index (κ2) is 6.80. The van der Waals surface area contributed by atoms with Crippen molar-refractivity contribution in [2.24, 2.45) is 22.7 Å². The van der Waals surface area contributed by atoms with Crippen molar-refractivity contribution >= 4 is 5.97 Å². The third-order valence-corrected chi connectivity index (χ3v) is 6.97. The van der Waals surface area contributed by atoms with Gasteiger partial charge in [0, 0.05) is 6.08 Å². The van der Waals surface area contributed by atoms with Gasteiger partial charge < -0.3 is 10.2 Å². The van der Waals surface area contributed by atoms with Gasteiger partial charge in [0.25, 0.3) is 0 Å². The van der Waals surface area contributed by atoms with Crippen LogP contribution in [-0.2, 0) is 4.79 Å². The summed E-state index contributed by atoms with van der Waals surface area (Å²) in [7, 11) is 0. The van der Waals surface area contributed by atoms with E-state index in [1.54, 1.807) is 0 Å². The molecular weight excluding hydrogens is 288 g/mol. The van der Waals surface area contributed by atoms with Gasteiger partial charge in [0.05, 0.1) is 6.61 Å². The number of carboxylic acid groups (broad SMARTS) is 1. The zero-order valence-electron chi connectivity index (χ0n) is 15.1. The highest BCUT2D eigenvalue weighted by Gasteiger charge is 2.53. The van der Waals surface area contributed by atoms with Gasteiger partial charge in [-0.25, -0.2) is 4.79 Å². The summed E-state index contributed by atoms with van der Waals surface area (Å²) in [6.45, 7) is 9.18. The molecule has 0 amide bonds. The lowest BCUT2D eigenvalue weighted by Gasteiger charge is -2.58. The molecule has 2 aliphatic carbocycles. The summed E-state index contributed by atoms with van der Waals surface area (Å²) in [6.07, 6.45) is 10.1. The van der Waals surface area contributed by atoms with Crippen molar-refractivity contribution in [3.8, 4) is 0 Å². The van der Waals surface area contributed by atoms with Crippen LogP contribution in [0.1, 0.15) is 66.2 Å². The van der Waals surface area contributed by atoms with E-state index >= 15 is 0 Å². The van der Waals surface area contributed by atoms with E-state index in [4.69, 9.17) is 5.11 Å². The summed E-state index contributed by atoms with van der Waals surface area (Å²) in [5, 5.41) is 18.7. The average molecular weight is 320 g/mol. The standard InChI is InChI=1S/C20H32O3/c1-14(12-18(22)23)8-10-19(3)15(2)9-11-20(4)16(13-21)6-5-7-17(19)20/h6,12,15,17,21H,5,7-11,13H2,1-4H3,(H,22,23)/b14-12-/t15-,17+,19-,20-/m0/s1. The second-order valence-corrected chi connectivity index (χ2v) is 8.21. The quantitative estimate of drug-likeness (QED) is 0.576. The zero-order valence-corrected chi connectivity index (χ0v) is 15.1. The number of allylic oxidation sites excluding steroid dienone is 2. The van der Waals surface area contributed by atoms with Gasteiger partial charge in [-0.3, -0.25) is 0 Å². The van der Waals surface area contributed by atoms with Crippen LogP contribution in [0, 0.1) is 22.7 Å². The van der Waals surface area contributed by atoms with Gasteiger partial charge in [0.1, 0.15) is 0 Å². The van der Waals surface area contributed by atoms with Gasteiger partial charge in [-0.1, -0.05) is 32.4 Å². The molecule has 1 saturated carbocycles. The Kier molecular flexibility index (Phi) is 5.40. The summed E-state index contributed by atoms with van der Waals surface area (Å²) in [4.78, 5) is 10.9. The van der Waals surface area contributed by atoms with Gasteiger partial charge in [0.2, 0.25) is 0 Å². The van der Waals surface area contributed by atoms with Crippen LogP contribution in [0.3, 0.4) is 0 Å². The fourth-order valence-electron chi connectivity index (χ4n) is 5.20. The maximum atomic E-state index is 10.9. The van der Waals surface area contributed by atoms with Crippen molar-refractivity contribution in [1.82, 2.24) is 0 Å². The van der Waals surface area contributed by atoms with E-state index in [0.29, 0.717) is 11.8 Å². The molecule has 3 nitrogen and oxygen atoms in total. The van der Waals surface area contributed by atoms with Crippen LogP contribution in [0.15, 0.2) is 23.3 Å². The van der Waals surface area contributed by atoms with Crippen LogP contribution >= 0.6 is 0 Å². The fraction of sp³-hybridized carbons (Fsp3) is 0.750. The third-order valence-electron chi connectivity index (χ3n) is 6.97. The van der Waals surface area contributed by atoms with E-state index in [1.807, 2.05) is 6.92 Å². The monoisotopic (exact) mass is 320 g/mol. The Morgan fingerprint density at radius 1 is 1.39 bits per heavy atom. The van der Waals surface area contributed by atoms with E-state index < -0.39 is 5.97 Å². The minimum absolute atomic E-state index is 0.110. The van der Waals surface area contributed by atoms with Crippen LogP contribution in [0.25, 0.3) is 0 Å². The predicted octanol–water partition coefficient (Wildman–Crippen LogP) is 4.57. The molecule has 0 aliphatic heterocycles. The number of aliphatic hydroxyl groups excluding tert-OH is 1. The average Bonchev–Trinajstić information content (AvgIpc) is 2.48. The first-order valence-corrected chi connectivity index (χ1v) is 8.94. The maximum absolute atomic E-state index is 10.9. The van der Waals surface area contributed by atoms with Crippen molar-refractivity contribution in [3.63, 3.8) is 0 Å². The normalized spacial score (nSPS) is 38.0. The number of fused-ring (bicyclic) bond motifs is 1. The molecule has 3 heteroatoms. The molecule has 2 rings (SSSR count). The number of hydrogen-bond acceptors (Lipinski definition) is 2. The molecule has 0 aromatic carbocycles. The molecule has 0 unspecified atom stereocenters. The Morgan fingerprint density at radius 3 is 2.70 bits per heavy atom. The Balaban J connectivity index is 2.24. The molecule has 23 heavy (non-hydrogen) atoms. The molecule has 0 heterocycles. The van der Waals surface area contributed by atoms with Crippen LogP contribution in [0.5, 0.6) is 0 Å². The molecule has 0 aromatic heterocycles. The number of aliphatic carboxylic acids is 1. The predicted molar refractivity (Wildman–Crippen MR) is 93.1 cm³/mol. The SMILES string of the molecule is C/C(=C/C(=O)O)CC[C@]1(C)[C@H]2CCC=C(CO)[C@]2(C)CC[C@@H]1C. The Morgan fingerprint density at radius 2 is 2.09 bits per heavy atom. The minimum Gasteiger partial charge on any atom is -0.478 e. The van der Waals surface area contributed by atoms with E-state index in [0.717, 1.165) is 31.3 Å². The molecule has 0 bridgehead atoms. The van der Waals surface area contributed by atoms with Crippen LogP contribution in [-0.4, -0.2) is 22.8 Å². The van der Waals surface area contributed by atoms with Crippen LogP contribution in [0.2, 0.25) is 0 Å². The molecule has 2 aliphatic rings.